The molecule has 3 aromatic carbocycles. The molecule has 1 amide bonds. The van der Waals surface area contributed by atoms with Gasteiger partial charge in [0.1, 0.15) is 6.61 Å². The van der Waals surface area contributed by atoms with Crippen LogP contribution in [0.3, 0.4) is 0 Å². The SMILES string of the molecule is O=C(NCC(Cc1ccc(Cl)cc1)C(=O)O)OCC1c2ccccc2-c2ccccc21. The van der Waals surface area contributed by atoms with E-state index in [0.29, 0.717) is 5.02 Å². The van der Waals surface area contributed by atoms with E-state index in [-0.39, 0.29) is 25.5 Å². The second kappa shape index (κ2) is 9.23. The van der Waals surface area contributed by atoms with Crippen LogP contribution in [0.2, 0.25) is 5.02 Å². The normalized spacial score (nSPS) is 13.2. The number of carbonyl (C=O) groups is 2. The molecule has 0 saturated heterocycles. The largest absolute Gasteiger partial charge is 0.481 e. The van der Waals surface area contributed by atoms with E-state index in [9.17, 15) is 14.7 Å². The summed E-state index contributed by atoms with van der Waals surface area (Å²) in [6.45, 7) is 0.170. The summed E-state index contributed by atoms with van der Waals surface area (Å²) < 4.78 is 5.48. The molecule has 2 N–H and O–H groups in total. The summed E-state index contributed by atoms with van der Waals surface area (Å²) in [6, 6.07) is 23.2. The Morgan fingerprint density at radius 3 is 2.10 bits per heavy atom. The fourth-order valence-corrected chi connectivity index (χ4v) is 4.13. The number of fused-ring (bicyclic) bond motifs is 3. The van der Waals surface area contributed by atoms with Gasteiger partial charge in [-0.25, -0.2) is 4.79 Å². The highest BCUT2D eigenvalue weighted by atomic mass is 35.5. The molecular formula is C25H22ClNO4. The quantitative estimate of drug-likeness (QED) is 0.540. The van der Waals surface area contributed by atoms with Crippen molar-refractivity contribution in [3.8, 4) is 11.1 Å². The number of rotatable bonds is 7. The third-order valence-corrected chi connectivity index (χ3v) is 5.83. The van der Waals surface area contributed by atoms with E-state index < -0.39 is 18.0 Å². The molecule has 1 aliphatic rings. The minimum Gasteiger partial charge on any atom is -0.481 e. The standard InChI is InChI=1S/C25H22ClNO4/c26-18-11-9-16(10-12-18)13-17(24(28)29)14-27-25(30)31-15-23-21-7-3-1-5-19(21)20-6-2-4-8-22(20)23/h1-12,17,23H,13-15H2,(H,27,30)(H,28,29). The van der Waals surface area contributed by atoms with Crippen LogP contribution in [-0.4, -0.2) is 30.3 Å². The van der Waals surface area contributed by atoms with E-state index in [1.807, 2.05) is 36.4 Å². The molecule has 0 radical (unpaired) electrons. The van der Waals surface area contributed by atoms with Gasteiger partial charge >= 0.3 is 12.1 Å². The average Bonchev–Trinajstić information content (AvgIpc) is 3.10. The van der Waals surface area contributed by atoms with Gasteiger partial charge in [-0.15, -0.1) is 0 Å². The minimum absolute atomic E-state index is 0.0192. The maximum atomic E-state index is 12.3. The summed E-state index contributed by atoms with van der Waals surface area (Å²) in [4.78, 5) is 23.9. The van der Waals surface area contributed by atoms with Crippen molar-refractivity contribution in [1.29, 1.82) is 0 Å². The van der Waals surface area contributed by atoms with Crippen molar-refractivity contribution in [2.24, 2.45) is 5.92 Å². The third-order valence-electron chi connectivity index (χ3n) is 5.58. The van der Waals surface area contributed by atoms with Gasteiger partial charge in [-0.05, 0) is 46.4 Å². The van der Waals surface area contributed by atoms with E-state index in [1.54, 1.807) is 24.3 Å². The van der Waals surface area contributed by atoms with Crippen LogP contribution >= 0.6 is 11.6 Å². The van der Waals surface area contributed by atoms with E-state index in [1.165, 1.54) is 0 Å². The molecular weight excluding hydrogens is 414 g/mol. The van der Waals surface area contributed by atoms with Crippen LogP contribution in [0, 0.1) is 5.92 Å². The van der Waals surface area contributed by atoms with Crippen molar-refractivity contribution in [3.05, 3.63) is 94.5 Å². The molecule has 0 saturated carbocycles. The zero-order chi connectivity index (χ0) is 21.8. The van der Waals surface area contributed by atoms with E-state index in [0.717, 1.165) is 27.8 Å². The molecule has 31 heavy (non-hydrogen) atoms. The van der Waals surface area contributed by atoms with Crippen LogP contribution in [-0.2, 0) is 16.0 Å². The summed E-state index contributed by atoms with van der Waals surface area (Å²) in [5.74, 6) is -1.78. The number of alkyl carbamates (subject to hydrolysis) is 1. The molecule has 0 fully saturated rings. The van der Waals surface area contributed by atoms with Crippen LogP contribution in [0.4, 0.5) is 4.79 Å². The first-order valence-electron chi connectivity index (χ1n) is 10.1. The van der Waals surface area contributed by atoms with Crippen molar-refractivity contribution < 1.29 is 19.4 Å². The van der Waals surface area contributed by atoms with Gasteiger partial charge < -0.3 is 15.2 Å². The average molecular weight is 436 g/mol. The summed E-state index contributed by atoms with van der Waals surface area (Å²) in [5.41, 5.74) is 5.40. The second-order valence-electron chi connectivity index (χ2n) is 7.57. The summed E-state index contributed by atoms with van der Waals surface area (Å²) in [5, 5.41) is 12.7. The number of carboxylic acids is 1. The lowest BCUT2D eigenvalue weighted by atomic mass is 9.98. The molecule has 5 nitrogen and oxygen atoms in total. The van der Waals surface area contributed by atoms with Crippen LogP contribution in [0.25, 0.3) is 11.1 Å². The van der Waals surface area contributed by atoms with Crippen LogP contribution in [0.15, 0.2) is 72.8 Å². The van der Waals surface area contributed by atoms with Gasteiger partial charge in [0.05, 0.1) is 5.92 Å². The highest BCUT2D eigenvalue weighted by molar-refractivity contribution is 6.30. The lowest BCUT2D eigenvalue weighted by molar-refractivity contribution is -0.141. The molecule has 0 bridgehead atoms. The molecule has 0 heterocycles. The number of ether oxygens (including phenoxy) is 1. The number of amides is 1. The Balaban J connectivity index is 1.36. The smallest absolute Gasteiger partial charge is 0.407 e. The first kappa shape index (κ1) is 20.9. The maximum absolute atomic E-state index is 12.3. The molecule has 1 aliphatic carbocycles. The van der Waals surface area contributed by atoms with Crippen LogP contribution < -0.4 is 5.32 Å². The van der Waals surface area contributed by atoms with Crippen molar-refractivity contribution in [2.45, 2.75) is 12.3 Å². The monoisotopic (exact) mass is 435 g/mol. The Kier molecular flexibility index (Phi) is 6.23. The first-order valence-corrected chi connectivity index (χ1v) is 10.5. The zero-order valence-electron chi connectivity index (χ0n) is 16.8. The van der Waals surface area contributed by atoms with Crippen molar-refractivity contribution >= 4 is 23.7 Å². The maximum Gasteiger partial charge on any atom is 0.407 e. The lowest BCUT2D eigenvalue weighted by Crippen LogP contribution is -2.35. The number of hydrogen-bond donors (Lipinski definition) is 2. The van der Waals surface area contributed by atoms with E-state index in [2.05, 4.69) is 17.4 Å². The number of benzene rings is 3. The van der Waals surface area contributed by atoms with Crippen molar-refractivity contribution in [3.63, 3.8) is 0 Å². The lowest BCUT2D eigenvalue weighted by Gasteiger charge is -2.16. The molecule has 1 atom stereocenters. The third kappa shape index (κ3) is 4.72. The number of halogens is 1. The Hall–Kier alpha value is -3.31. The molecule has 0 aromatic heterocycles. The fourth-order valence-electron chi connectivity index (χ4n) is 4.01. The second-order valence-corrected chi connectivity index (χ2v) is 8.01. The van der Waals surface area contributed by atoms with Gasteiger partial charge in [-0.2, -0.15) is 0 Å². The van der Waals surface area contributed by atoms with Gasteiger partial charge in [0.25, 0.3) is 0 Å². The van der Waals surface area contributed by atoms with Gasteiger partial charge in [-0.3, -0.25) is 4.79 Å². The number of carbonyl (C=O) groups excluding carboxylic acids is 1. The molecule has 1 unspecified atom stereocenters. The predicted octanol–water partition coefficient (Wildman–Crippen LogP) is 5.12. The number of aliphatic carboxylic acids is 1. The zero-order valence-corrected chi connectivity index (χ0v) is 17.5. The van der Waals surface area contributed by atoms with Gasteiger partial charge in [0.2, 0.25) is 0 Å². The molecule has 0 spiro atoms. The number of nitrogens with one attached hydrogen (secondary N) is 1. The first-order chi connectivity index (χ1) is 15.0. The molecule has 4 rings (SSSR count). The highest BCUT2D eigenvalue weighted by Crippen LogP contribution is 2.44. The molecule has 3 aromatic rings. The summed E-state index contributed by atoms with van der Waals surface area (Å²) in [7, 11) is 0. The Bertz CT molecular complexity index is 1050. The van der Waals surface area contributed by atoms with Crippen LogP contribution in [0.1, 0.15) is 22.6 Å². The highest BCUT2D eigenvalue weighted by Gasteiger charge is 2.29. The summed E-state index contributed by atoms with van der Waals surface area (Å²) in [6.07, 6.45) is -0.333. The molecule has 158 valence electrons. The Morgan fingerprint density at radius 1 is 0.935 bits per heavy atom. The van der Waals surface area contributed by atoms with Gasteiger partial charge in [0.15, 0.2) is 0 Å². The van der Waals surface area contributed by atoms with Crippen molar-refractivity contribution in [1.82, 2.24) is 5.32 Å². The topological polar surface area (TPSA) is 75.6 Å². The predicted molar refractivity (Wildman–Crippen MR) is 119 cm³/mol. The number of hydrogen-bond acceptors (Lipinski definition) is 3. The molecule has 6 heteroatoms. The van der Waals surface area contributed by atoms with Gasteiger partial charge in [0, 0.05) is 17.5 Å². The van der Waals surface area contributed by atoms with Gasteiger partial charge in [-0.1, -0.05) is 72.3 Å². The van der Waals surface area contributed by atoms with Crippen LogP contribution in [0.5, 0.6) is 0 Å². The van der Waals surface area contributed by atoms with Crippen molar-refractivity contribution in [2.75, 3.05) is 13.2 Å². The molecule has 0 aliphatic heterocycles. The number of carboxylic acid groups (broad SMARTS) is 1. The minimum atomic E-state index is -0.978. The Morgan fingerprint density at radius 2 is 1.52 bits per heavy atom. The summed E-state index contributed by atoms with van der Waals surface area (Å²) >= 11 is 5.88. The fraction of sp³-hybridized carbons (Fsp3) is 0.200. The Labute approximate surface area is 185 Å². The van der Waals surface area contributed by atoms with E-state index >= 15 is 0 Å². The van der Waals surface area contributed by atoms with E-state index in [4.69, 9.17) is 16.3 Å².